The zero-order chi connectivity index (χ0) is 14.7. The lowest BCUT2D eigenvalue weighted by Crippen LogP contribution is -2.04. The van der Waals surface area contributed by atoms with Gasteiger partial charge in [-0.25, -0.2) is 4.98 Å². The van der Waals surface area contributed by atoms with Crippen LogP contribution in [0.25, 0.3) is 0 Å². The van der Waals surface area contributed by atoms with Crippen LogP contribution in [0.4, 0.5) is 17.2 Å². The van der Waals surface area contributed by atoms with E-state index in [2.05, 4.69) is 29.2 Å². The van der Waals surface area contributed by atoms with Crippen molar-refractivity contribution in [2.75, 3.05) is 5.32 Å². The van der Waals surface area contributed by atoms with Crippen LogP contribution in [0.3, 0.4) is 0 Å². The van der Waals surface area contributed by atoms with Gasteiger partial charge in [0.2, 0.25) is 0 Å². The molecule has 2 aromatic rings. The summed E-state index contributed by atoms with van der Waals surface area (Å²) in [6, 6.07) is 1.49. The highest BCUT2D eigenvalue weighted by Crippen LogP contribution is 2.21. The van der Waals surface area contributed by atoms with Gasteiger partial charge in [-0.05, 0) is 18.4 Å². The summed E-state index contributed by atoms with van der Waals surface area (Å²) in [6.07, 6.45) is 4.85. The Morgan fingerprint density at radius 1 is 1.45 bits per heavy atom. The maximum atomic E-state index is 10.7. The van der Waals surface area contributed by atoms with E-state index in [4.69, 9.17) is 0 Å². The molecule has 0 amide bonds. The van der Waals surface area contributed by atoms with Gasteiger partial charge in [-0.2, -0.15) is 5.10 Å². The summed E-state index contributed by atoms with van der Waals surface area (Å²) >= 11 is 0. The van der Waals surface area contributed by atoms with Gasteiger partial charge in [0.1, 0.15) is 12.0 Å². The maximum Gasteiger partial charge on any atom is 0.287 e. The van der Waals surface area contributed by atoms with E-state index in [9.17, 15) is 10.1 Å². The minimum atomic E-state index is -0.454. The summed E-state index contributed by atoms with van der Waals surface area (Å²) in [5, 5.41) is 18.0. The Labute approximate surface area is 116 Å². The fourth-order valence-corrected chi connectivity index (χ4v) is 1.83. The number of aromatic nitrogens is 3. The topological polar surface area (TPSA) is 85.9 Å². The minimum Gasteiger partial charge on any atom is -0.337 e. The SMILES string of the molecule is Cc1cc([N+](=O)[O-])cnc1Nc1cnn(CC(C)C)c1. The fraction of sp³-hybridized carbons (Fsp3) is 0.385. The highest BCUT2D eigenvalue weighted by atomic mass is 16.6. The molecule has 2 rings (SSSR count). The number of nitro groups is 1. The molecular weight excluding hydrogens is 258 g/mol. The van der Waals surface area contributed by atoms with E-state index < -0.39 is 4.92 Å². The van der Waals surface area contributed by atoms with Crippen LogP contribution >= 0.6 is 0 Å². The molecule has 0 aliphatic rings. The largest absolute Gasteiger partial charge is 0.337 e. The Morgan fingerprint density at radius 2 is 2.20 bits per heavy atom. The van der Waals surface area contributed by atoms with E-state index in [1.807, 2.05) is 10.9 Å². The Kier molecular flexibility index (Phi) is 3.97. The summed E-state index contributed by atoms with van der Waals surface area (Å²) in [6.45, 7) is 6.86. The van der Waals surface area contributed by atoms with Crippen LogP contribution in [0.1, 0.15) is 19.4 Å². The molecule has 0 fully saturated rings. The number of anilines is 2. The quantitative estimate of drug-likeness (QED) is 0.669. The number of nitrogens with zero attached hydrogens (tertiary/aromatic N) is 4. The molecule has 1 N–H and O–H groups in total. The van der Waals surface area contributed by atoms with E-state index in [1.54, 1.807) is 13.1 Å². The molecule has 0 saturated heterocycles. The highest BCUT2D eigenvalue weighted by molar-refractivity contribution is 5.58. The molecule has 2 heterocycles. The molecule has 106 valence electrons. The molecule has 7 heteroatoms. The molecule has 0 spiro atoms. The molecule has 0 radical (unpaired) electrons. The van der Waals surface area contributed by atoms with Crippen molar-refractivity contribution in [2.24, 2.45) is 5.92 Å². The molecule has 0 bridgehead atoms. The summed E-state index contributed by atoms with van der Waals surface area (Å²) in [5.41, 5.74) is 1.52. The number of hydrogen-bond acceptors (Lipinski definition) is 5. The first kappa shape index (κ1) is 14.0. The second-order valence-corrected chi connectivity index (χ2v) is 5.09. The Morgan fingerprint density at radius 3 is 2.80 bits per heavy atom. The predicted octanol–water partition coefficient (Wildman–Crippen LogP) is 2.89. The zero-order valence-electron chi connectivity index (χ0n) is 11.7. The molecule has 2 aromatic heterocycles. The lowest BCUT2D eigenvalue weighted by Gasteiger charge is -2.06. The van der Waals surface area contributed by atoms with Gasteiger partial charge in [0, 0.05) is 18.8 Å². The van der Waals surface area contributed by atoms with Crippen molar-refractivity contribution in [1.82, 2.24) is 14.8 Å². The first-order chi connectivity index (χ1) is 9.45. The van der Waals surface area contributed by atoms with Crippen molar-refractivity contribution in [1.29, 1.82) is 0 Å². The second-order valence-electron chi connectivity index (χ2n) is 5.09. The van der Waals surface area contributed by atoms with Crippen LogP contribution in [0.15, 0.2) is 24.7 Å². The fourth-order valence-electron chi connectivity index (χ4n) is 1.83. The van der Waals surface area contributed by atoms with E-state index in [0.29, 0.717) is 11.7 Å². The third-order valence-electron chi connectivity index (χ3n) is 2.72. The average Bonchev–Trinajstić information content (AvgIpc) is 2.78. The minimum absolute atomic E-state index is 0.0106. The van der Waals surface area contributed by atoms with Crippen molar-refractivity contribution < 1.29 is 4.92 Å². The van der Waals surface area contributed by atoms with E-state index in [1.165, 1.54) is 12.3 Å². The van der Waals surface area contributed by atoms with Crippen molar-refractivity contribution in [3.8, 4) is 0 Å². The van der Waals surface area contributed by atoms with Gasteiger partial charge in [0.05, 0.1) is 16.8 Å². The van der Waals surface area contributed by atoms with Crippen LogP contribution in [-0.4, -0.2) is 19.7 Å². The van der Waals surface area contributed by atoms with Gasteiger partial charge < -0.3 is 5.32 Å². The van der Waals surface area contributed by atoms with Crippen molar-refractivity contribution in [3.05, 3.63) is 40.3 Å². The van der Waals surface area contributed by atoms with Crippen molar-refractivity contribution in [3.63, 3.8) is 0 Å². The number of aryl methyl sites for hydroxylation is 1. The lowest BCUT2D eigenvalue weighted by molar-refractivity contribution is -0.385. The van der Waals surface area contributed by atoms with Gasteiger partial charge in [0.15, 0.2) is 0 Å². The maximum absolute atomic E-state index is 10.7. The molecular formula is C13H17N5O2. The monoisotopic (exact) mass is 275 g/mol. The van der Waals surface area contributed by atoms with Gasteiger partial charge in [-0.1, -0.05) is 13.8 Å². The third kappa shape index (κ3) is 3.31. The predicted molar refractivity (Wildman–Crippen MR) is 76.0 cm³/mol. The van der Waals surface area contributed by atoms with Crippen molar-refractivity contribution in [2.45, 2.75) is 27.3 Å². The molecule has 0 aliphatic heterocycles. The van der Waals surface area contributed by atoms with Gasteiger partial charge >= 0.3 is 0 Å². The lowest BCUT2D eigenvalue weighted by atomic mass is 10.2. The average molecular weight is 275 g/mol. The number of pyridine rings is 1. The molecule has 0 aliphatic carbocycles. The Bertz CT molecular complexity index is 621. The molecule has 7 nitrogen and oxygen atoms in total. The van der Waals surface area contributed by atoms with Crippen LogP contribution in [0.2, 0.25) is 0 Å². The second kappa shape index (κ2) is 5.68. The third-order valence-corrected chi connectivity index (χ3v) is 2.72. The first-order valence-corrected chi connectivity index (χ1v) is 6.36. The summed E-state index contributed by atoms with van der Waals surface area (Å²) in [4.78, 5) is 14.3. The van der Waals surface area contributed by atoms with Gasteiger partial charge in [0.25, 0.3) is 5.69 Å². The molecule has 0 atom stereocenters. The highest BCUT2D eigenvalue weighted by Gasteiger charge is 2.10. The summed E-state index contributed by atoms with van der Waals surface area (Å²) in [5.74, 6) is 1.11. The van der Waals surface area contributed by atoms with Crippen molar-refractivity contribution >= 4 is 17.2 Å². The molecule has 20 heavy (non-hydrogen) atoms. The molecule has 0 saturated carbocycles. The van der Waals surface area contributed by atoms with E-state index >= 15 is 0 Å². The summed E-state index contributed by atoms with van der Waals surface area (Å²) in [7, 11) is 0. The number of hydrogen-bond donors (Lipinski definition) is 1. The van der Waals surface area contributed by atoms with E-state index in [0.717, 1.165) is 17.8 Å². The van der Waals surface area contributed by atoms with Crippen LogP contribution in [0.5, 0.6) is 0 Å². The number of rotatable bonds is 5. The van der Waals surface area contributed by atoms with Gasteiger partial charge in [-0.15, -0.1) is 0 Å². The molecule has 0 unspecified atom stereocenters. The normalized spacial score (nSPS) is 10.8. The Balaban J connectivity index is 2.13. The smallest absolute Gasteiger partial charge is 0.287 e. The Hall–Kier alpha value is -2.44. The number of nitrogens with one attached hydrogen (secondary N) is 1. The van der Waals surface area contributed by atoms with Crippen LogP contribution < -0.4 is 5.32 Å². The molecule has 0 aromatic carbocycles. The summed E-state index contributed by atoms with van der Waals surface area (Å²) < 4.78 is 1.85. The van der Waals surface area contributed by atoms with Crippen LogP contribution in [-0.2, 0) is 6.54 Å². The van der Waals surface area contributed by atoms with E-state index in [-0.39, 0.29) is 5.69 Å². The van der Waals surface area contributed by atoms with Crippen LogP contribution in [0, 0.1) is 23.0 Å². The first-order valence-electron chi connectivity index (χ1n) is 6.36. The standard InChI is InChI=1S/C13H17N5O2/c1-9(2)7-17-8-11(5-15-17)16-13-10(3)4-12(6-14-13)18(19)20/h4-6,8-9H,7H2,1-3H3,(H,14,16). The zero-order valence-corrected chi connectivity index (χ0v) is 11.7. The van der Waals surface area contributed by atoms with Gasteiger partial charge in [-0.3, -0.25) is 14.8 Å².